The lowest BCUT2D eigenvalue weighted by atomic mass is 9.76. The van der Waals surface area contributed by atoms with Crippen molar-refractivity contribution in [2.75, 3.05) is 5.32 Å². The smallest absolute Gasteiger partial charge is 0.270 e. The van der Waals surface area contributed by atoms with Gasteiger partial charge in [-0.3, -0.25) is 14.6 Å². The summed E-state index contributed by atoms with van der Waals surface area (Å²) in [5.74, 6) is 1.04. The molecule has 3 aliphatic rings. The predicted octanol–water partition coefficient (Wildman–Crippen LogP) is 3.40. The number of anilines is 1. The number of carbonyl (C=O) groups excluding carboxylic acids is 2. The minimum Gasteiger partial charge on any atom is -0.436 e. The summed E-state index contributed by atoms with van der Waals surface area (Å²) >= 11 is 0. The molecule has 2 amide bonds. The van der Waals surface area contributed by atoms with E-state index < -0.39 is 0 Å². The van der Waals surface area contributed by atoms with Crippen LogP contribution in [0.2, 0.25) is 0 Å². The van der Waals surface area contributed by atoms with Crippen LogP contribution in [-0.4, -0.2) is 53.6 Å². The molecule has 212 valence electrons. The van der Waals surface area contributed by atoms with Crippen LogP contribution in [0.3, 0.4) is 0 Å². The summed E-state index contributed by atoms with van der Waals surface area (Å²) in [4.78, 5) is 35.2. The van der Waals surface area contributed by atoms with Gasteiger partial charge in [0.1, 0.15) is 11.2 Å². The molecule has 3 fully saturated rings. The lowest BCUT2D eigenvalue weighted by Gasteiger charge is -2.39. The summed E-state index contributed by atoms with van der Waals surface area (Å²) in [7, 11) is 1.76. The van der Waals surface area contributed by atoms with E-state index in [4.69, 9.17) is 4.42 Å². The highest BCUT2D eigenvalue weighted by molar-refractivity contribution is 5.94. The van der Waals surface area contributed by atoms with Gasteiger partial charge < -0.3 is 20.4 Å². The second-order valence-electron chi connectivity index (χ2n) is 11.2. The molecule has 0 saturated heterocycles. The van der Waals surface area contributed by atoms with Crippen LogP contribution >= 0.6 is 0 Å². The van der Waals surface area contributed by atoms with Crippen LogP contribution < -0.4 is 16.0 Å². The maximum atomic E-state index is 13.4. The van der Waals surface area contributed by atoms with Crippen LogP contribution in [0.5, 0.6) is 0 Å². The molecule has 3 aromatic heterocycles. The molecule has 12 nitrogen and oxygen atoms in total. The van der Waals surface area contributed by atoms with Crippen molar-refractivity contribution >= 4 is 28.6 Å². The summed E-state index contributed by atoms with van der Waals surface area (Å²) in [6.45, 7) is 1.45. The van der Waals surface area contributed by atoms with E-state index in [0.29, 0.717) is 45.7 Å². The van der Waals surface area contributed by atoms with Gasteiger partial charge in [-0.1, -0.05) is 30.3 Å². The Kier molecular flexibility index (Phi) is 6.27. The van der Waals surface area contributed by atoms with Gasteiger partial charge in [-0.2, -0.15) is 4.80 Å². The number of benzene rings is 2. The van der Waals surface area contributed by atoms with E-state index in [-0.39, 0.29) is 29.4 Å². The lowest BCUT2D eigenvalue weighted by molar-refractivity contribution is -0.114. The first-order chi connectivity index (χ1) is 20.3. The minimum absolute atomic E-state index is 0.164. The zero-order chi connectivity index (χ0) is 28.8. The number of nitrogens with zero attached hydrogens (tertiary/aromatic N) is 6. The van der Waals surface area contributed by atoms with E-state index in [2.05, 4.69) is 53.5 Å². The molecule has 2 aromatic carbocycles. The number of aromatic nitrogens is 6. The lowest BCUT2D eigenvalue weighted by Crippen LogP contribution is -2.52. The second kappa shape index (κ2) is 10.1. The Bertz CT molecular complexity index is 1790. The molecular formula is C30H29N9O3. The van der Waals surface area contributed by atoms with E-state index in [9.17, 15) is 9.59 Å². The first-order valence-corrected chi connectivity index (χ1v) is 13.9. The van der Waals surface area contributed by atoms with E-state index >= 15 is 0 Å². The zero-order valence-electron chi connectivity index (χ0n) is 23.1. The van der Waals surface area contributed by atoms with Gasteiger partial charge in [0.05, 0.1) is 13.1 Å². The SMILES string of the molecule is CC(=O)Nc1ccc2oc(-c3ccnc(C(=O)NC45CC(C4)[C@@H](NC(c4ccccc4)c4nnn(C)n4)C5)c3)nc2c1. The molecule has 3 N–H and O–H groups in total. The van der Waals surface area contributed by atoms with Crippen molar-refractivity contribution in [3.63, 3.8) is 0 Å². The van der Waals surface area contributed by atoms with Gasteiger partial charge in [-0.05, 0) is 66.3 Å². The molecule has 0 spiro atoms. The van der Waals surface area contributed by atoms with Crippen molar-refractivity contribution < 1.29 is 14.0 Å². The molecule has 2 bridgehead atoms. The number of pyridine rings is 1. The summed E-state index contributed by atoms with van der Waals surface area (Å²) in [5, 5.41) is 22.5. The van der Waals surface area contributed by atoms with Crippen molar-refractivity contribution in [1.82, 2.24) is 40.8 Å². The minimum atomic E-state index is -0.286. The molecule has 1 unspecified atom stereocenters. The maximum Gasteiger partial charge on any atom is 0.270 e. The van der Waals surface area contributed by atoms with E-state index in [1.54, 1.807) is 43.6 Å². The van der Waals surface area contributed by atoms with Gasteiger partial charge in [0.15, 0.2) is 11.4 Å². The highest BCUT2D eigenvalue weighted by Gasteiger charge is 2.57. The van der Waals surface area contributed by atoms with Gasteiger partial charge in [0.25, 0.3) is 5.91 Å². The van der Waals surface area contributed by atoms with Crippen LogP contribution in [0.1, 0.15) is 54.1 Å². The Hall–Kier alpha value is -4.97. The second-order valence-corrected chi connectivity index (χ2v) is 11.2. The number of tetrazole rings is 1. The third-order valence-electron chi connectivity index (χ3n) is 8.11. The number of rotatable bonds is 8. The predicted molar refractivity (Wildman–Crippen MR) is 153 cm³/mol. The molecule has 3 saturated carbocycles. The molecule has 8 rings (SSSR count). The molecular weight excluding hydrogens is 534 g/mol. The van der Waals surface area contributed by atoms with E-state index in [1.165, 1.54) is 11.7 Å². The average Bonchev–Trinajstić information content (AvgIpc) is 3.74. The number of carbonyl (C=O) groups is 2. The van der Waals surface area contributed by atoms with Gasteiger partial charge in [0, 0.05) is 36.0 Å². The number of aryl methyl sites for hydroxylation is 1. The Morgan fingerprint density at radius 2 is 1.90 bits per heavy atom. The van der Waals surface area contributed by atoms with Crippen molar-refractivity contribution in [2.45, 2.75) is 43.8 Å². The van der Waals surface area contributed by atoms with Crippen molar-refractivity contribution in [2.24, 2.45) is 13.0 Å². The molecule has 3 aliphatic carbocycles. The fraction of sp³-hybridized carbons (Fsp3) is 0.300. The molecule has 12 heteroatoms. The molecule has 42 heavy (non-hydrogen) atoms. The largest absolute Gasteiger partial charge is 0.436 e. The average molecular weight is 564 g/mol. The Morgan fingerprint density at radius 3 is 2.67 bits per heavy atom. The maximum absolute atomic E-state index is 13.4. The molecule has 5 aromatic rings. The van der Waals surface area contributed by atoms with Crippen molar-refractivity contribution in [3.8, 4) is 11.5 Å². The van der Waals surface area contributed by atoms with E-state index in [1.807, 2.05) is 18.2 Å². The van der Waals surface area contributed by atoms with Crippen LogP contribution in [0, 0.1) is 5.92 Å². The zero-order valence-corrected chi connectivity index (χ0v) is 23.1. The topological polar surface area (TPSA) is 153 Å². The fourth-order valence-corrected chi connectivity index (χ4v) is 6.25. The van der Waals surface area contributed by atoms with Gasteiger partial charge >= 0.3 is 0 Å². The summed E-state index contributed by atoms with van der Waals surface area (Å²) in [6.07, 6.45) is 4.18. The van der Waals surface area contributed by atoms with Crippen molar-refractivity contribution in [3.05, 3.63) is 83.9 Å². The van der Waals surface area contributed by atoms with E-state index in [0.717, 1.165) is 24.8 Å². The van der Waals surface area contributed by atoms with Crippen LogP contribution in [-0.2, 0) is 11.8 Å². The Labute approximate surface area is 240 Å². The number of hydrogen-bond donors (Lipinski definition) is 3. The number of amides is 2. The van der Waals surface area contributed by atoms with Gasteiger partial charge in [-0.25, -0.2) is 4.98 Å². The first kappa shape index (κ1) is 26.0. The third kappa shape index (κ3) is 4.90. The molecule has 0 aliphatic heterocycles. The summed E-state index contributed by atoms with van der Waals surface area (Å²) in [5.41, 5.74) is 3.55. The van der Waals surface area contributed by atoms with Crippen LogP contribution in [0.15, 0.2) is 71.3 Å². The summed E-state index contributed by atoms with van der Waals surface area (Å²) < 4.78 is 5.93. The van der Waals surface area contributed by atoms with Crippen LogP contribution in [0.25, 0.3) is 22.6 Å². The van der Waals surface area contributed by atoms with Crippen molar-refractivity contribution in [1.29, 1.82) is 0 Å². The fourth-order valence-electron chi connectivity index (χ4n) is 6.25. The molecule has 3 heterocycles. The third-order valence-corrected chi connectivity index (χ3v) is 8.11. The van der Waals surface area contributed by atoms with Gasteiger partial charge in [-0.15, -0.1) is 10.2 Å². The normalized spacial score (nSPS) is 21.6. The molecule has 0 radical (unpaired) electrons. The van der Waals surface area contributed by atoms with Crippen LogP contribution in [0.4, 0.5) is 5.69 Å². The molecule has 2 atom stereocenters. The Morgan fingerprint density at radius 1 is 1.07 bits per heavy atom. The Balaban J connectivity index is 1.05. The van der Waals surface area contributed by atoms with Gasteiger partial charge in [0.2, 0.25) is 11.8 Å². The number of hydrogen-bond acceptors (Lipinski definition) is 9. The quantitative estimate of drug-likeness (QED) is 0.258. The number of fused-ring (bicyclic) bond motifs is 2. The first-order valence-electron chi connectivity index (χ1n) is 13.9. The number of nitrogens with one attached hydrogen (secondary N) is 3. The summed E-state index contributed by atoms with van der Waals surface area (Å²) in [6, 6.07) is 18.8. The number of oxazole rings is 1. The monoisotopic (exact) mass is 563 g/mol. The standard InChI is InChI=1S/C30H29N9O3/c1-17(40)32-21-8-9-25-22(13-21)34-29(42-25)19-10-11-31-23(12-19)28(41)35-30-14-20(15-30)24(16-30)33-26(18-6-4-3-5-7-18)27-36-38-39(2)37-27/h3-13,20,24,26,33H,14-16H2,1-2H3,(H,32,40)(H,35,41)/t20?,24-,26?,30?/m0/s1. The highest BCUT2D eigenvalue weighted by atomic mass is 16.3. The highest BCUT2D eigenvalue weighted by Crippen LogP contribution is 2.52.